The smallest absolute Gasteiger partial charge is 0.00760 e. The standard InChI is InChI=1S/C13H30N2/c1-6-9-14-10-8-13(4)15(5)11-12(3)7-2/h12-14H,6-11H2,1-5H3. The largest absolute Gasteiger partial charge is 0.317 e. The second-order valence-corrected chi connectivity index (χ2v) is 4.84. The van der Waals surface area contributed by atoms with Gasteiger partial charge < -0.3 is 10.2 Å². The lowest BCUT2D eigenvalue weighted by Gasteiger charge is -2.27. The van der Waals surface area contributed by atoms with Gasteiger partial charge in [-0.2, -0.15) is 0 Å². The summed E-state index contributed by atoms with van der Waals surface area (Å²) in [4.78, 5) is 2.49. The molecule has 0 aliphatic carbocycles. The van der Waals surface area contributed by atoms with E-state index < -0.39 is 0 Å². The van der Waals surface area contributed by atoms with Gasteiger partial charge >= 0.3 is 0 Å². The Morgan fingerprint density at radius 2 is 1.80 bits per heavy atom. The summed E-state index contributed by atoms with van der Waals surface area (Å²) in [6, 6.07) is 0.698. The minimum atomic E-state index is 0.698. The summed E-state index contributed by atoms with van der Waals surface area (Å²) >= 11 is 0. The third-order valence-corrected chi connectivity index (χ3v) is 3.21. The molecule has 2 unspecified atom stereocenters. The zero-order chi connectivity index (χ0) is 11.7. The topological polar surface area (TPSA) is 15.3 Å². The molecule has 0 heterocycles. The van der Waals surface area contributed by atoms with Crippen molar-refractivity contribution in [3.8, 4) is 0 Å². The van der Waals surface area contributed by atoms with E-state index in [4.69, 9.17) is 0 Å². The van der Waals surface area contributed by atoms with Crippen molar-refractivity contribution in [2.75, 3.05) is 26.7 Å². The predicted octanol–water partition coefficient (Wildman–Crippen LogP) is 2.74. The predicted molar refractivity (Wildman–Crippen MR) is 69.3 cm³/mol. The van der Waals surface area contributed by atoms with E-state index in [-0.39, 0.29) is 0 Å². The van der Waals surface area contributed by atoms with Gasteiger partial charge in [0.05, 0.1) is 0 Å². The molecule has 2 atom stereocenters. The molecule has 0 saturated carbocycles. The summed E-state index contributed by atoms with van der Waals surface area (Å²) < 4.78 is 0. The summed E-state index contributed by atoms with van der Waals surface area (Å²) in [6.45, 7) is 12.7. The van der Waals surface area contributed by atoms with Crippen molar-refractivity contribution < 1.29 is 0 Å². The van der Waals surface area contributed by atoms with Gasteiger partial charge in [-0.1, -0.05) is 27.2 Å². The molecule has 0 aliphatic rings. The Labute approximate surface area is 96.4 Å². The van der Waals surface area contributed by atoms with Crippen molar-refractivity contribution in [1.29, 1.82) is 0 Å². The van der Waals surface area contributed by atoms with Crippen LogP contribution in [0, 0.1) is 5.92 Å². The van der Waals surface area contributed by atoms with Crippen LogP contribution in [0.5, 0.6) is 0 Å². The van der Waals surface area contributed by atoms with E-state index in [1.165, 1.54) is 25.8 Å². The lowest BCUT2D eigenvalue weighted by atomic mass is 10.1. The molecule has 2 heteroatoms. The van der Waals surface area contributed by atoms with Gasteiger partial charge in [0, 0.05) is 12.6 Å². The van der Waals surface area contributed by atoms with Crippen molar-refractivity contribution >= 4 is 0 Å². The molecule has 0 aromatic carbocycles. The normalized spacial score (nSPS) is 15.6. The second-order valence-electron chi connectivity index (χ2n) is 4.84. The van der Waals surface area contributed by atoms with Crippen LogP contribution < -0.4 is 5.32 Å². The molecule has 0 fully saturated rings. The van der Waals surface area contributed by atoms with E-state index in [0.29, 0.717) is 6.04 Å². The Morgan fingerprint density at radius 3 is 2.33 bits per heavy atom. The lowest BCUT2D eigenvalue weighted by molar-refractivity contribution is 0.212. The van der Waals surface area contributed by atoms with E-state index in [9.17, 15) is 0 Å². The average molecular weight is 214 g/mol. The SMILES string of the molecule is CCCNCCC(C)N(C)CC(C)CC. The molecular weight excluding hydrogens is 184 g/mol. The van der Waals surface area contributed by atoms with Crippen LogP contribution >= 0.6 is 0 Å². The fourth-order valence-corrected chi connectivity index (χ4v) is 1.63. The zero-order valence-electron chi connectivity index (χ0n) is 11.3. The van der Waals surface area contributed by atoms with E-state index >= 15 is 0 Å². The van der Waals surface area contributed by atoms with Crippen molar-refractivity contribution in [2.24, 2.45) is 5.92 Å². The first-order valence-corrected chi connectivity index (χ1v) is 6.52. The van der Waals surface area contributed by atoms with E-state index in [1.807, 2.05) is 0 Å². The number of nitrogens with zero attached hydrogens (tertiary/aromatic N) is 1. The Balaban J connectivity index is 3.55. The van der Waals surface area contributed by atoms with Crippen LogP contribution in [0.3, 0.4) is 0 Å². The molecule has 0 aliphatic heterocycles. The minimum Gasteiger partial charge on any atom is -0.317 e. The molecule has 92 valence electrons. The molecule has 0 amide bonds. The van der Waals surface area contributed by atoms with Crippen LogP contribution in [-0.4, -0.2) is 37.6 Å². The highest BCUT2D eigenvalue weighted by Crippen LogP contribution is 2.07. The molecule has 0 saturated heterocycles. The van der Waals surface area contributed by atoms with Gasteiger partial charge in [-0.15, -0.1) is 0 Å². The van der Waals surface area contributed by atoms with Gasteiger partial charge in [-0.3, -0.25) is 0 Å². The van der Waals surface area contributed by atoms with Gasteiger partial charge in [0.1, 0.15) is 0 Å². The number of hydrogen-bond acceptors (Lipinski definition) is 2. The molecular formula is C13H30N2. The number of hydrogen-bond donors (Lipinski definition) is 1. The quantitative estimate of drug-likeness (QED) is 0.594. The number of nitrogens with one attached hydrogen (secondary N) is 1. The van der Waals surface area contributed by atoms with E-state index in [2.05, 4.69) is 45.0 Å². The maximum Gasteiger partial charge on any atom is 0.00760 e. The van der Waals surface area contributed by atoms with Crippen LogP contribution in [0.4, 0.5) is 0 Å². The first-order chi connectivity index (χ1) is 7.11. The Morgan fingerprint density at radius 1 is 1.13 bits per heavy atom. The summed E-state index contributed by atoms with van der Waals surface area (Å²) in [5.74, 6) is 0.820. The molecule has 0 spiro atoms. The van der Waals surface area contributed by atoms with Crippen molar-refractivity contribution in [1.82, 2.24) is 10.2 Å². The molecule has 15 heavy (non-hydrogen) atoms. The summed E-state index contributed by atoms with van der Waals surface area (Å²) in [7, 11) is 2.25. The van der Waals surface area contributed by atoms with Crippen LogP contribution in [-0.2, 0) is 0 Å². The van der Waals surface area contributed by atoms with Crippen LogP contribution in [0.25, 0.3) is 0 Å². The molecule has 0 radical (unpaired) electrons. The van der Waals surface area contributed by atoms with Crippen molar-refractivity contribution in [2.45, 2.75) is 53.0 Å². The maximum atomic E-state index is 3.46. The molecule has 1 N–H and O–H groups in total. The first kappa shape index (κ1) is 14.9. The Kier molecular flexibility index (Phi) is 9.12. The van der Waals surface area contributed by atoms with Crippen molar-refractivity contribution in [3.05, 3.63) is 0 Å². The summed E-state index contributed by atoms with van der Waals surface area (Å²) in [6.07, 6.45) is 3.77. The highest BCUT2D eigenvalue weighted by Gasteiger charge is 2.10. The summed E-state index contributed by atoms with van der Waals surface area (Å²) in [5.41, 5.74) is 0. The third kappa shape index (κ3) is 7.80. The van der Waals surface area contributed by atoms with E-state index in [1.54, 1.807) is 0 Å². The second kappa shape index (κ2) is 9.17. The molecule has 0 rings (SSSR count). The molecule has 0 aromatic rings. The molecule has 0 bridgehead atoms. The minimum absolute atomic E-state index is 0.698. The van der Waals surface area contributed by atoms with Crippen LogP contribution in [0.2, 0.25) is 0 Å². The third-order valence-electron chi connectivity index (χ3n) is 3.21. The van der Waals surface area contributed by atoms with Gasteiger partial charge in [0.15, 0.2) is 0 Å². The molecule has 2 nitrogen and oxygen atoms in total. The first-order valence-electron chi connectivity index (χ1n) is 6.52. The van der Waals surface area contributed by atoms with Crippen molar-refractivity contribution in [3.63, 3.8) is 0 Å². The Hall–Kier alpha value is -0.0800. The van der Waals surface area contributed by atoms with Gasteiger partial charge in [0.2, 0.25) is 0 Å². The average Bonchev–Trinajstić information content (AvgIpc) is 2.23. The highest BCUT2D eigenvalue weighted by atomic mass is 15.1. The van der Waals surface area contributed by atoms with Gasteiger partial charge in [-0.25, -0.2) is 0 Å². The van der Waals surface area contributed by atoms with Gasteiger partial charge in [-0.05, 0) is 45.8 Å². The fraction of sp³-hybridized carbons (Fsp3) is 1.00. The van der Waals surface area contributed by atoms with Gasteiger partial charge in [0.25, 0.3) is 0 Å². The zero-order valence-corrected chi connectivity index (χ0v) is 11.3. The monoisotopic (exact) mass is 214 g/mol. The number of rotatable bonds is 9. The molecule has 0 aromatic heterocycles. The summed E-state index contributed by atoms with van der Waals surface area (Å²) in [5, 5.41) is 3.46. The fourth-order valence-electron chi connectivity index (χ4n) is 1.63. The maximum absolute atomic E-state index is 3.46. The van der Waals surface area contributed by atoms with E-state index in [0.717, 1.165) is 19.0 Å². The van der Waals surface area contributed by atoms with Crippen LogP contribution in [0.15, 0.2) is 0 Å². The van der Waals surface area contributed by atoms with Crippen LogP contribution in [0.1, 0.15) is 47.0 Å². The lowest BCUT2D eigenvalue weighted by Crippen LogP contribution is -2.35. The Bertz CT molecular complexity index is 136. The highest BCUT2D eigenvalue weighted by molar-refractivity contribution is 4.67.